The lowest BCUT2D eigenvalue weighted by atomic mass is 10.1. The van der Waals surface area contributed by atoms with Gasteiger partial charge in [-0.05, 0) is 42.5 Å². The van der Waals surface area contributed by atoms with Crippen molar-refractivity contribution in [1.29, 1.82) is 0 Å². The first kappa shape index (κ1) is 30.2. The van der Waals surface area contributed by atoms with E-state index in [0.29, 0.717) is 23.7 Å². The molecule has 2 aromatic rings. The Labute approximate surface area is 222 Å². The second kappa shape index (κ2) is 13.5. The van der Waals surface area contributed by atoms with Crippen LogP contribution in [0.25, 0.3) is 6.08 Å². The highest BCUT2D eigenvalue weighted by Crippen LogP contribution is 2.28. The first-order chi connectivity index (χ1) is 17.9. The molecular formula is C27H39N5O6. The van der Waals surface area contributed by atoms with Crippen LogP contribution in [-0.2, 0) is 16.1 Å². The van der Waals surface area contributed by atoms with Crippen molar-refractivity contribution in [1.82, 2.24) is 14.5 Å². The lowest BCUT2D eigenvalue weighted by molar-refractivity contribution is -0.130. The molecule has 0 saturated heterocycles. The Morgan fingerprint density at radius 3 is 2.39 bits per heavy atom. The number of hydrogen-bond acceptors (Lipinski definition) is 7. The van der Waals surface area contributed by atoms with Crippen LogP contribution in [0.1, 0.15) is 40.2 Å². The zero-order valence-electron chi connectivity index (χ0n) is 23.2. The molecule has 0 spiro atoms. The van der Waals surface area contributed by atoms with Gasteiger partial charge in [0.15, 0.2) is 17.2 Å². The Kier molecular flexibility index (Phi) is 10.7. The molecule has 208 valence electrons. The van der Waals surface area contributed by atoms with Crippen LogP contribution in [0.3, 0.4) is 0 Å². The summed E-state index contributed by atoms with van der Waals surface area (Å²) >= 11 is 0. The standard InChI is InChI=1S/C27H39N5O6/c1-8-38-20-11-9-19(13-21(20)37-7)10-12-22(33)30(6)16-23(34)31(14-17(2)3)24-25(28)32(15-18(4)5)27(36)29-26(24)35/h9-13,17-18H,8,14-16,28H2,1-7H3,(H,29,35,36). The summed E-state index contributed by atoms with van der Waals surface area (Å²) in [7, 11) is 3.02. The van der Waals surface area contributed by atoms with Gasteiger partial charge in [-0.1, -0.05) is 33.8 Å². The van der Waals surface area contributed by atoms with Gasteiger partial charge in [0.1, 0.15) is 12.4 Å². The molecule has 0 radical (unpaired) electrons. The molecule has 0 aliphatic carbocycles. The van der Waals surface area contributed by atoms with E-state index in [9.17, 15) is 19.2 Å². The molecular weight excluding hydrogens is 490 g/mol. The number of nitrogens with one attached hydrogen (secondary N) is 1. The smallest absolute Gasteiger partial charge is 0.330 e. The maximum atomic E-state index is 13.4. The largest absolute Gasteiger partial charge is 0.493 e. The van der Waals surface area contributed by atoms with Crippen LogP contribution in [0.2, 0.25) is 0 Å². The van der Waals surface area contributed by atoms with Crippen molar-refractivity contribution in [2.24, 2.45) is 11.8 Å². The highest BCUT2D eigenvalue weighted by Gasteiger charge is 2.26. The summed E-state index contributed by atoms with van der Waals surface area (Å²) in [5.41, 5.74) is 5.48. The van der Waals surface area contributed by atoms with Gasteiger partial charge in [0, 0.05) is 26.2 Å². The third kappa shape index (κ3) is 7.74. The molecule has 38 heavy (non-hydrogen) atoms. The minimum Gasteiger partial charge on any atom is -0.493 e. The Balaban J connectivity index is 2.29. The molecule has 1 aromatic carbocycles. The average molecular weight is 530 g/mol. The lowest BCUT2D eigenvalue weighted by Gasteiger charge is -2.28. The molecule has 11 heteroatoms. The van der Waals surface area contributed by atoms with Gasteiger partial charge in [0.05, 0.1) is 13.7 Å². The zero-order chi connectivity index (χ0) is 28.6. The van der Waals surface area contributed by atoms with Gasteiger partial charge >= 0.3 is 5.69 Å². The summed E-state index contributed by atoms with van der Waals surface area (Å²) in [5.74, 6) is 0.198. The summed E-state index contributed by atoms with van der Waals surface area (Å²) in [5, 5.41) is 0. The number of rotatable bonds is 12. The van der Waals surface area contributed by atoms with Crippen LogP contribution in [0.15, 0.2) is 33.9 Å². The predicted octanol–water partition coefficient (Wildman–Crippen LogP) is 2.34. The third-order valence-electron chi connectivity index (χ3n) is 5.54. The van der Waals surface area contributed by atoms with E-state index < -0.39 is 23.1 Å². The molecule has 0 saturated carbocycles. The van der Waals surface area contributed by atoms with E-state index in [2.05, 4.69) is 4.98 Å². The fraction of sp³-hybridized carbons (Fsp3) is 0.481. The van der Waals surface area contributed by atoms with Crippen molar-refractivity contribution in [3.8, 4) is 11.5 Å². The predicted molar refractivity (Wildman–Crippen MR) is 149 cm³/mol. The van der Waals surface area contributed by atoms with E-state index in [1.54, 1.807) is 24.3 Å². The Morgan fingerprint density at radius 2 is 1.82 bits per heavy atom. The van der Waals surface area contributed by atoms with Gasteiger partial charge in [-0.15, -0.1) is 0 Å². The number of likely N-dealkylation sites (N-methyl/N-ethyl adjacent to an activating group) is 1. The number of methoxy groups -OCH3 is 1. The van der Waals surface area contributed by atoms with Crippen molar-refractivity contribution in [3.63, 3.8) is 0 Å². The van der Waals surface area contributed by atoms with Crippen molar-refractivity contribution in [2.45, 2.75) is 41.2 Å². The topological polar surface area (TPSA) is 140 Å². The number of nitrogens with zero attached hydrogens (tertiary/aromatic N) is 3. The molecule has 1 heterocycles. The summed E-state index contributed by atoms with van der Waals surface area (Å²) < 4.78 is 12.1. The zero-order valence-corrected chi connectivity index (χ0v) is 23.2. The minimum atomic E-state index is -0.750. The highest BCUT2D eigenvalue weighted by atomic mass is 16.5. The molecule has 0 fully saturated rings. The van der Waals surface area contributed by atoms with Crippen LogP contribution in [0, 0.1) is 11.8 Å². The molecule has 0 bridgehead atoms. The maximum Gasteiger partial charge on any atom is 0.330 e. The molecule has 0 aliphatic rings. The van der Waals surface area contributed by atoms with Crippen molar-refractivity contribution in [2.75, 3.05) is 44.5 Å². The lowest BCUT2D eigenvalue weighted by Crippen LogP contribution is -2.46. The SMILES string of the molecule is CCOc1ccc(C=CC(=O)N(C)CC(=O)N(CC(C)C)c2c(N)n(CC(C)C)c(=O)[nH]c2=O)cc1OC. The third-order valence-corrected chi connectivity index (χ3v) is 5.54. The number of hydrogen-bond donors (Lipinski definition) is 2. The number of carbonyl (C=O) groups excluding carboxylic acids is 2. The van der Waals surface area contributed by atoms with E-state index in [4.69, 9.17) is 15.2 Å². The van der Waals surface area contributed by atoms with Crippen LogP contribution in [-0.4, -0.2) is 60.1 Å². The molecule has 11 nitrogen and oxygen atoms in total. The molecule has 0 atom stereocenters. The van der Waals surface area contributed by atoms with E-state index in [1.165, 1.54) is 34.6 Å². The van der Waals surface area contributed by atoms with Crippen LogP contribution >= 0.6 is 0 Å². The van der Waals surface area contributed by atoms with E-state index in [0.717, 1.165) is 0 Å². The van der Waals surface area contributed by atoms with Crippen LogP contribution < -0.4 is 31.4 Å². The number of aromatic nitrogens is 2. The number of amides is 2. The number of anilines is 2. The summed E-state index contributed by atoms with van der Waals surface area (Å²) in [4.78, 5) is 56.0. The quantitative estimate of drug-likeness (QED) is 0.402. The van der Waals surface area contributed by atoms with Gasteiger partial charge in [-0.25, -0.2) is 4.79 Å². The molecule has 0 aliphatic heterocycles. The van der Waals surface area contributed by atoms with E-state index in [-0.39, 0.29) is 43.0 Å². The number of ether oxygens (including phenoxy) is 2. The maximum absolute atomic E-state index is 13.4. The number of carbonyl (C=O) groups is 2. The second-order valence-electron chi connectivity index (χ2n) is 9.77. The monoisotopic (exact) mass is 529 g/mol. The molecule has 2 rings (SSSR count). The molecule has 3 N–H and O–H groups in total. The first-order valence-corrected chi connectivity index (χ1v) is 12.6. The first-order valence-electron chi connectivity index (χ1n) is 12.6. The van der Waals surface area contributed by atoms with Gasteiger partial charge < -0.3 is 25.0 Å². The summed E-state index contributed by atoms with van der Waals surface area (Å²) in [6, 6.07) is 5.28. The van der Waals surface area contributed by atoms with E-state index >= 15 is 0 Å². The number of nitrogens with two attached hydrogens (primary N) is 1. The van der Waals surface area contributed by atoms with Gasteiger partial charge in [0.2, 0.25) is 11.8 Å². The Hall–Kier alpha value is -4.02. The number of H-pyrrole nitrogens is 1. The van der Waals surface area contributed by atoms with Crippen LogP contribution in [0.4, 0.5) is 11.5 Å². The molecule has 1 aromatic heterocycles. The van der Waals surface area contributed by atoms with Crippen LogP contribution in [0.5, 0.6) is 11.5 Å². The molecule has 2 amide bonds. The van der Waals surface area contributed by atoms with E-state index in [1.807, 2.05) is 34.6 Å². The molecule has 0 unspecified atom stereocenters. The minimum absolute atomic E-state index is 0.0150. The summed E-state index contributed by atoms with van der Waals surface area (Å²) in [6.07, 6.45) is 2.96. The summed E-state index contributed by atoms with van der Waals surface area (Å²) in [6.45, 7) is 10.1. The number of nitrogen functional groups attached to an aromatic ring is 1. The Morgan fingerprint density at radius 1 is 1.13 bits per heavy atom. The van der Waals surface area contributed by atoms with Gasteiger partial charge in [-0.2, -0.15) is 0 Å². The average Bonchev–Trinajstić information content (AvgIpc) is 2.84. The number of aromatic amines is 1. The van der Waals surface area contributed by atoms with Crippen molar-refractivity contribution >= 4 is 29.4 Å². The fourth-order valence-electron chi connectivity index (χ4n) is 3.79. The van der Waals surface area contributed by atoms with Gasteiger partial charge in [0.25, 0.3) is 5.56 Å². The van der Waals surface area contributed by atoms with Crippen molar-refractivity contribution < 1.29 is 19.1 Å². The fourth-order valence-corrected chi connectivity index (χ4v) is 3.79. The van der Waals surface area contributed by atoms with Gasteiger partial charge in [-0.3, -0.25) is 23.9 Å². The Bertz CT molecular complexity index is 1280. The number of benzene rings is 1. The highest BCUT2D eigenvalue weighted by molar-refractivity contribution is 6.00. The van der Waals surface area contributed by atoms with Crippen molar-refractivity contribution in [3.05, 3.63) is 50.7 Å². The second-order valence-corrected chi connectivity index (χ2v) is 9.77. The normalized spacial score (nSPS) is 11.3.